The van der Waals surface area contributed by atoms with Crippen LogP contribution in [0, 0.1) is 0 Å². The van der Waals surface area contributed by atoms with Crippen LogP contribution in [0.4, 0.5) is 0 Å². The maximum absolute atomic E-state index is 5.53. The van der Waals surface area contributed by atoms with Gasteiger partial charge in [0.1, 0.15) is 0 Å². The van der Waals surface area contributed by atoms with E-state index < -0.39 is 0 Å². The van der Waals surface area contributed by atoms with Gasteiger partial charge >= 0.3 is 0 Å². The molecule has 1 aromatic heterocycles. The molecular formula is C9H15NS. The Morgan fingerprint density at radius 2 is 2.27 bits per heavy atom. The second kappa shape index (κ2) is 3.37. The molecule has 0 bridgehead atoms. The predicted octanol–water partition coefficient (Wildman–Crippen LogP) is 2.37. The molecule has 0 aliphatic carbocycles. The summed E-state index contributed by atoms with van der Waals surface area (Å²) < 4.78 is 0. The van der Waals surface area contributed by atoms with Crippen LogP contribution in [0.15, 0.2) is 17.5 Å². The number of rotatable bonds is 3. The zero-order chi connectivity index (χ0) is 8.32. The largest absolute Gasteiger partial charge is 0.330 e. The van der Waals surface area contributed by atoms with Crippen LogP contribution in [0.2, 0.25) is 0 Å². The molecule has 0 saturated carbocycles. The van der Waals surface area contributed by atoms with Crippen molar-refractivity contribution >= 4 is 11.3 Å². The molecule has 0 spiro atoms. The molecule has 11 heavy (non-hydrogen) atoms. The average Bonchev–Trinajstić information content (AvgIpc) is 2.37. The predicted molar refractivity (Wildman–Crippen MR) is 51.0 cm³/mol. The van der Waals surface area contributed by atoms with Gasteiger partial charge in [-0.15, -0.1) is 11.3 Å². The quantitative estimate of drug-likeness (QED) is 0.738. The molecule has 0 fully saturated rings. The summed E-state index contributed by atoms with van der Waals surface area (Å²) in [4.78, 5) is 1.43. The minimum atomic E-state index is 0.267. The smallest absolute Gasteiger partial charge is 0.0102 e. The molecule has 2 N–H and O–H groups in total. The minimum absolute atomic E-state index is 0.267. The maximum atomic E-state index is 5.53. The van der Waals surface area contributed by atoms with Crippen LogP contribution in [-0.4, -0.2) is 6.54 Å². The third-order valence-corrected chi connectivity index (χ3v) is 3.19. The fraction of sp³-hybridized carbons (Fsp3) is 0.556. The Labute approximate surface area is 72.2 Å². The number of hydrogen-bond acceptors (Lipinski definition) is 2. The normalized spacial score (nSPS) is 11.9. The van der Waals surface area contributed by atoms with Crippen LogP contribution in [0.3, 0.4) is 0 Å². The lowest BCUT2D eigenvalue weighted by Gasteiger charge is -2.21. The molecule has 0 aliphatic rings. The highest BCUT2D eigenvalue weighted by Crippen LogP contribution is 2.29. The summed E-state index contributed by atoms with van der Waals surface area (Å²) in [7, 11) is 0. The van der Waals surface area contributed by atoms with E-state index >= 15 is 0 Å². The van der Waals surface area contributed by atoms with Gasteiger partial charge in [0.25, 0.3) is 0 Å². The summed E-state index contributed by atoms with van der Waals surface area (Å²) in [6.45, 7) is 5.25. The molecule has 0 radical (unpaired) electrons. The molecule has 0 saturated heterocycles. The van der Waals surface area contributed by atoms with E-state index in [1.165, 1.54) is 4.88 Å². The van der Waals surface area contributed by atoms with E-state index in [0.717, 1.165) is 13.0 Å². The summed E-state index contributed by atoms with van der Waals surface area (Å²) in [6.07, 6.45) is 1.06. The first-order valence-corrected chi connectivity index (χ1v) is 4.79. The van der Waals surface area contributed by atoms with Crippen molar-refractivity contribution < 1.29 is 0 Å². The van der Waals surface area contributed by atoms with Crippen molar-refractivity contribution in [2.75, 3.05) is 6.54 Å². The zero-order valence-electron chi connectivity index (χ0n) is 7.13. The third kappa shape index (κ3) is 2.04. The topological polar surface area (TPSA) is 26.0 Å². The SMILES string of the molecule is CC(C)(CCN)c1cccs1. The Kier molecular flexibility index (Phi) is 2.68. The monoisotopic (exact) mass is 169 g/mol. The Balaban J connectivity index is 2.73. The second-order valence-corrected chi connectivity index (χ2v) is 4.35. The molecule has 0 aliphatic heterocycles. The maximum Gasteiger partial charge on any atom is 0.0102 e. The van der Waals surface area contributed by atoms with E-state index in [1.807, 2.05) is 11.3 Å². The van der Waals surface area contributed by atoms with Crippen molar-refractivity contribution in [2.24, 2.45) is 5.73 Å². The van der Waals surface area contributed by atoms with E-state index in [4.69, 9.17) is 5.73 Å². The Hall–Kier alpha value is -0.340. The molecular weight excluding hydrogens is 154 g/mol. The molecule has 62 valence electrons. The summed E-state index contributed by atoms with van der Waals surface area (Å²) >= 11 is 1.81. The highest BCUT2D eigenvalue weighted by Gasteiger charge is 2.19. The lowest BCUT2D eigenvalue weighted by atomic mass is 9.88. The van der Waals surface area contributed by atoms with Crippen molar-refractivity contribution in [3.63, 3.8) is 0 Å². The lowest BCUT2D eigenvalue weighted by molar-refractivity contribution is 0.497. The van der Waals surface area contributed by atoms with Crippen LogP contribution >= 0.6 is 11.3 Å². The number of hydrogen-bond donors (Lipinski definition) is 1. The standard InChI is InChI=1S/C9H15NS/c1-9(2,5-6-10)8-4-3-7-11-8/h3-4,7H,5-6,10H2,1-2H3. The molecule has 0 atom stereocenters. The Bertz CT molecular complexity index is 201. The second-order valence-electron chi connectivity index (χ2n) is 3.40. The minimum Gasteiger partial charge on any atom is -0.330 e. The van der Waals surface area contributed by atoms with E-state index in [-0.39, 0.29) is 5.41 Å². The van der Waals surface area contributed by atoms with Crippen LogP contribution in [-0.2, 0) is 5.41 Å². The Morgan fingerprint density at radius 3 is 2.73 bits per heavy atom. The fourth-order valence-electron chi connectivity index (χ4n) is 1.15. The van der Waals surface area contributed by atoms with Gasteiger partial charge in [0, 0.05) is 10.3 Å². The van der Waals surface area contributed by atoms with Crippen molar-refractivity contribution in [3.8, 4) is 0 Å². The van der Waals surface area contributed by atoms with Gasteiger partial charge < -0.3 is 5.73 Å². The molecule has 2 heteroatoms. The van der Waals surface area contributed by atoms with Crippen LogP contribution in [0.5, 0.6) is 0 Å². The summed E-state index contributed by atoms with van der Waals surface area (Å²) in [5.41, 5.74) is 5.79. The highest BCUT2D eigenvalue weighted by atomic mass is 32.1. The van der Waals surface area contributed by atoms with Gasteiger partial charge in [-0.2, -0.15) is 0 Å². The van der Waals surface area contributed by atoms with E-state index in [1.54, 1.807) is 0 Å². The molecule has 0 amide bonds. The molecule has 1 rings (SSSR count). The fourth-order valence-corrected chi connectivity index (χ4v) is 2.03. The zero-order valence-corrected chi connectivity index (χ0v) is 7.95. The highest BCUT2D eigenvalue weighted by molar-refractivity contribution is 7.10. The van der Waals surface area contributed by atoms with Crippen molar-refractivity contribution in [2.45, 2.75) is 25.7 Å². The summed E-state index contributed by atoms with van der Waals surface area (Å²) in [6, 6.07) is 4.28. The summed E-state index contributed by atoms with van der Waals surface area (Å²) in [5.74, 6) is 0. The van der Waals surface area contributed by atoms with Gasteiger partial charge in [0.2, 0.25) is 0 Å². The molecule has 0 unspecified atom stereocenters. The first-order chi connectivity index (χ1) is 5.17. The van der Waals surface area contributed by atoms with Crippen molar-refractivity contribution in [3.05, 3.63) is 22.4 Å². The van der Waals surface area contributed by atoms with Gasteiger partial charge in [0.05, 0.1) is 0 Å². The van der Waals surface area contributed by atoms with Crippen molar-refractivity contribution in [1.29, 1.82) is 0 Å². The first-order valence-electron chi connectivity index (χ1n) is 3.91. The van der Waals surface area contributed by atoms with Gasteiger partial charge in [-0.1, -0.05) is 19.9 Å². The van der Waals surface area contributed by atoms with Crippen LogP contribution in [0.1, 0.15) is 25.1 Å². The molecule has 1 nitrogen and oxygen atoms in total. The van der Waals surface area contributed by atoms with Gasteiger partial charge in [-0.3, -0.25) is 0 Å². The number of nitrogens with two attached hydrogens (primary N) is 1. The van der Waals surface area contributed by atoms with Gasteiger partial charge in [-0.05, 0) is 24.4 Å². The molecule has 1 heterocycles. The van der Waals surface area contributed by atoms with Crippen LogP contribution in [0.25, 0.3) is 0 Å². The van der Waals surface area contributed by atoms with Crippen molar-refractivity contribution in [1.82, 2.24) is 0 Å². The Morgan fingerprint density at radius 1 is 1.55 bits per heavy atom. The van der Waals surface area contributed by atoms with Crippen LogP contribution < -0.4 is 5.73 Å². The van der Waals surface area contributed by atoms with E-state index in [0.29, 0.717) is 0 Å². The van der Waals surface area contributed by atoms with E-state index in [2.05, 4.69) is 31.4 Å². The van der Waals surface area contributed by atoms with Gasteiger partial charge in [0.15, 0.2) is 0 Å². The molecule has 0 aromatic carbocycles. The first kappa shape index (κ1) is 8.75. The number of thiophene rings is 1. The average molecular weight is 169 g/mol. The third-order valence-electron chi connectivity index (χ3n) is 1.96. The lowest BCUT2D eigenvalue weighted by Crippen LogP contribution is -2.20. The van der Waals surface area contributed by atoms with Gasteiger partial charge in [-0.25, -0.2) is 0 Å². The molecule has 1 aromatic rings. The van der Waals surface area contributed by atoms with E-state index in [9.17, 15) is 0 Å². The summed E-state index contributed by atoms with van der Waals surface area (Å²) in [5, 5.41) is 2.12.